The van der Waals surface area contributed by atoms with Crippen LogP contribution >= 0.6 is 0 Å². The molecule has 1 N–H and O–H groups in total. The van der Waals surface area contributed by atoms with Crippen LogP contribution in [-0.2, 0) is 6.54 Å². The van der Waals surface area contributed by atoms with Crippen molar-refractivity contribution in [1.82, 2.24) is 15.1 Å². The number of carbonyl (C=O) groups is 2. The van der Waals surface area contributed by atoms with Crippen LogP contribution in [-0.4, -0.2) is 40.4 Å². The quantitative estimate of drug-likeness (QED) is 0.635. The molecular formula is C22H23N3O3. The summed E-state index contributed by atoms with van der Waals surface area (Å²) in [7, 11) is 1.77. The second-order valence-corrected chi connectivity index (χ2v) is 7.20. The van der Waals surface area contributed by atoms with Gasteiger partial charge in [-0.15, -0.1) is 0 Å². The molecule has 1 heterocycles. The molecule has 1 aromatic heterocycles. The van der Waals surface area contributed by atoms with Gasteiger partial charge < -0.3 is 9.64 Å². The number of Topliss-reactive ketones (excluding diaryl/α,β-unsaturated/α-hetero) is 1. The number of aromatic nitrogens is 2. The largest absolute Gasteiger partial charge is 0.493 e. The number of para-hydroxylation sites is 1. The fraction of sp³-hybridized carbons (Fsp3) is 0.318. The Kier molecular flexibility index (Phi) is 4.86. The average Bonchev–Trinajstić information content (AvgIpc) is 3.44. The number of ether oxygens (including phenoxy) is 1. The van der Waals surface area contributed by atoms with Gasteiger partial charge in [-0.1, -0.05) is 18.2 Å². The summed E-state index contributed by atoms with van der Waals surface area (Å²) in [4.78, 5) is 27.1. The Morgan fingerprint density at radius 3 is 2.82 bits per heavy atom. The molecule has 2 aromatic carbocycles. The van der Waals surface area contributed by atoms with Gasteiger partial charge in [0, 0.05) is 30.5 Å². The Balaban J connectivity index is 1.57. The maximum absolute atomic E-state index is 13.0. The highest BCUT2D eigenvalue weighted by atomic mass is 16.5. The van der Waals surface area contributed by atoms with Crippen molar-refractivity contribution in [1.29, 1.82) is 0 Å². The van der Waals surface area contributed by atoms with Crippen molar-refractivity contribution in [2.75, 3.05) is 13.7 Å². The summed E-state index contributed by atoms with van der Waals surface area (Å²) in [6, 6.07) is 11.0. The lowest BCUT2D eigenvalue weighted by molar-refractivity contribution is 0.0784. The second-order valence-electron chi connectivity index (χ2n) is 7.20. The molecule has 1 saturated carbocycles. The molecule has 0 unspecified atom stereocenters. The molecule has 6 nitrogen and oxygen atoms in total. The van der Waals surface area contributed by atoms with Crippen LogP contribution in [0.15, 0.2) is 42.6 Å². The fourth-order valence-corrected chi connectivity index (χ4v) is 3.41. The summed E-state index contributed by atoms with van der Waals surface area (Å²) in [6.45, 7) is 2.77. The number of nitrogens with one attached hydrogen (secondary N) is 1. The smallest absolute Gasteiger partial charge is 0.254 e. The van der Waals surface area contributed by atoms with Crippen molar-refractivity contribution in [3.05, 3.63) is 59.3 Å². The van der Waals surface area contributed by atoms with Crippen molar-refractivity contribution in [3.8, 4) is 5.75 Å². The van der Waals surface area contributed by atoms with E-state index in [1.54, 1.807) is 36.3 Å². The molecule has 144 valence electrons. The van der Waals surface area contributed by atoms with Gasteiger partial charge in [0.1, 0.15) is 5.75 Å². The van der Waals surface area contributed by atoms with E-state index < -0.39 is 0 Å². The predicted octanol–water partition coefficient (Wildman–Crippen LogP) is 3.83. The molecule has 0 aliphatic heterocycles. The average molecular weight is 377 g/mol. The molecule has 1 aliphatic carbocycles. The first-order chi connectivity index (χ1) is 13.6. The van der Waals surface area contributed by atoms with Crippen molar-refractivity contribution in [2.45, 2.75) is 26.3 Å². The first kappa shape index (κ1) is 18.2. The van der Waals surface area contributed by atoms with E-state index in [0.29, 0.717) is 30.0 Å². The highest BCUT2D eigenvalue weighted by Gasteiger charge is 2.32. The number of aromatic amines is 1. The summed E-state index contributed by atoms with van der Waals surface area (Å²) in [6.07, 6.45) is 3.64. The normalized spacial score (nSPS) is 13.5. The third-order valence-electron chi connectivity index (χ3n) is 5.06. The van der Waals surface area contributed by atoms with Gasteiger partial charge in [0.05, 0.1) is 23.9 Å². The minimum atomic E-state index is -0.122. The Labute approximate surface area is 163 Å². The lowest BCUT2D eigenvalue weighted by Crippen LogP contribution is -2.26. The van der Waals surface area contributed by atoms with E-state index in [0.717, 1.165) is 29.3 Å². The van der Waals surface area contributed by atoms with E-state index in [1.807, 2.05) is 25.1 Å². The van der Waals surface area contributed by atoms with E-state index in [1.165, 1.54) is 0 Å². The van der Waals surface area contributed by atoms with Crippen LogP contribution in [0.4, 0.5) is 0 Å². The number of hydrogen-bond donors (Lipinski definition) is 1. The Morgan fingerprint density at radius 1 is 1.25 bits per heavy atom. The zero-order valence-electron chi connectivity index (χ0n) is 16.1. The van der Waals surface area contributed by atoms with Gasteiger partial charge in [0.2, 0.25) is 0 Å². The van der Waals surface area contributed by atoms with Crippen LogP contribution in [0, 0.1) is 5.92 Å². The molecule has 1 amide bonds. The van der Waals surface area contributed by atoms with Crippen molar-refractivity contribution in [3.63, 3.8) is 0 Å². The van der Waals surface area contributed by atoms with Crippen molar-refractivity contribution < 1.29 is 14.3 Å². The lowest BCUT2D eigenvalue weighted by Gasteiger charge is -2.19. The molecule has 4 rings (SSSR count). The van der Waals surface area contributed by atoms with Gasteiger partial charge in [-0.05, 0) is 43.5 Å². The number of fused-ring (bicyclic) bond motifs is 1. The van der Waals surface area contributed by atoms with Gasteiger partial charge in [0.25, 0.3) is 5.91 Å². The maximum atomic E-state index is 13.0. The van der Waals surface area contributed by atoms with E-state index in [9.17, 15) is 9.59 Å². The lowest BCUT2D eigenvalue weighted by atomic mass is 10.0. The van der Waals surface area contributed by atoms with Crippen LogP contribution in [0.5, 0.6) is 5.75 Å². The van der Waals surface area contributed by atoms with Crippen molar-refractivity contribution >= 4 is 22.6 Å². The molecule has 0 atom stereocenters. The Bertz CT molecular complexity index is 1040. The summed E-state index contributed by atoms with van der Waals surface area (Å²) in [5, 5.41) is 8.08. The number of H-pyrrole nitrogens is 1. The second kappa shape index (κ2) is 7.46. The summed E-state index contributed by atoms with van der Waals surface area (Å²) in [5.74, 6) is 0.595. The van der Waals surface area contributed by atoms with Gasteiger partial charge in [-0.25, -0.2) is 0 Å². The number of ketones is 1. The third kappa shape index (κ3) is 3.50. The number of rotatable bonds is 7. The van der Waals surface area contributed by atoms with E-state index in [-0.39, 0.29) is 17.6 Å². The van der Waals surface area contributed by atoms with Crippen molar-refractivity contribution in [2.24, 2.45) is 5.92 Å². The van der Waals surface area contributed by atoms with Crippen LogP contribution in [0.1, 0.15) is 46.0 Å². The fourth-order valence-electron chi connectivity index (χ4n) is 3.41. The summed E-state index contributed by atoms with van der Waals surface area (Å²) < 4.78 is 5.67. The SMILES string of the molecule is CCOc1cc(C(=O)N(C)Cc2cccc3cn[nH]c23)ccc1C(=O)C1CC1. The molecule has 0 spiro atoms. The molecule has 3 aromatic rings. The topological polar surface area (TPSA) is 75.3 Å². The molecule has 28 heavy (non-hydrogen) atoms. The van der Waals surface area contributed by atoms with E-state index in [2.05, 4.69) is 10.2 Å². The van der Waals surface area contributed by atoms with Crippen LogP contribution in [0.25, 0.3) is 10.9 Å². The van der Waals surface area contributed by atoms with Crippen LogP contribution in [0.2, 0.25) is 0 Å². The molecule has 1 fully saturated rings. The van der Waals surface area contributed by atoms with Gasteiger partial charge in [-0.3, -0.25) is 14.7 Å². The molecule has 0 bridgehead atoms. The third-order valence-corrected chi connectivity index (χ3v) is 5.06. The minimum Gasteiger partial charge on any atom is -0.493 e. The summed E-state index contributed by atoms with van der Waals surface area (Å²) in [5.41, 5.74) is 3.01. The van der Waals surface area contributed by atoms with E-state index >= 15 is 0 Å². The zero-order valence-corrected chi connectivity index (χ0v) is 16.1. The van der Waals surface area contributed by atoms with Crippen LogP contribution < -0.4 is 4.74 Å². The number of benzene rings is 2. The molecule has 6 heteroatoms. The van der Waals surface area contributed by atoms with Crippen LogP contribution in [0.3, 0.4) is 0 Å². The predicted molar refractivity (Wildman–Crippen MR) is 107 cm³/mol. The zero-order chi connectivity index (χ0) is 19.7. The molecular weight excluding hydrogens is 354 g/mol. The highest BCUT2D eigenvalue weighted by molar-refractivity contribution is 6.03. The van der Waals surface area contributed by atoms with E-state index in [4.69, 9.17) is 4.74 Å². The first-order valence-corrected chi connectivity index (χ1v) is 9.56. The number of nitrogens with zero attached hydrogens (tertiary/aromatic N) is 2. The standard InChI is InChI=1S/C22H23N3O3/c1-3-28-19-11-15(9-10-18(19)21(26)14-7-8-14)22(27)25(2)13-17-6-4-5-16-12-23-24-20(16)17/h4-6,9-12,14H,3,7-8,13H2,1-2H3,(H,23,24). The first-order valence-electron chi connectivity index (χ1n) is 9.56. The van der Waals surface area contributed by atoms with Gasteiger partial charge in [0.15, 0.2) is 5.78 Å². The Hall–Kier alpha value is -3.15. The molecule has 0 radical (unpaired) electrons. The monoisotopic (exact) mass is 377 g/mol. The van der Waals surface area contributed by atoms with Gasteiger partial charge in [-0.2, -0.15) is 5.10 Å². The molecule has 0 saturated heterocycles. The molecule has 1 aliphatic rings. The summed E-state index contributed by atoms with van der Waals surface area (Å²) >= 11 is 0. The number of amides is 1. The number of hydrogen-bond acceptors (Lipinski definition) is 4. The number of carbonyl (C=O) groups excluding carboxylic acids is 2. The van der Waals surface area contributed by atoms with Gasteiger partial charge >= 0.3 is 0 Å². The maximum Gasteiger partial charge on any atom is 0.254 e. The minimum absolute atomic E-state index is 0.110. The Morgan fingerprint density at radius 2 is 2.07 bits per heavy atom. The highest BCUT2D eigenvalue weighted by Crippen LogP contribution is 2.35.